The van der Waals surface area contributed by atoms with Crippen LogP contribution in [-0.4, -0.2) is 57.7 Å². The van der Waals surface area contributed by atoms with Crippen LogP contribution in [0.25, 0.3) is 0 Å². The molecule has 2 aliphatic heterocycles. The molecule has 2 aliphatic rings. The van der Waals surface area contributed by atoms with Gasteiger partial charge in [-0.2, -0.15) is 0 Å². The molecule has 1 unspecified atom stereocenters. The second-order valence-corrected chi connectivity index (χ2v) is 18.4. The van der Waals surface area contributed by atoms with E-state index in [0.717, 1.165) is 11.1 Å². The zero-order chi connectivity index (χ0) is 36.6. The van der Waals surface area contributed by atoms with Crippen LogP contribution < -0.4 is 16.0 Å². The molecule has 2 amide bonds. The lowest BCUT2D eigenvalue weighted by atomic mass is 9.82. The van der Waals surface area contributed by atoms with Crippen LogP contribution >= 0.6 is 0 Å². The number of aryl methyl sites for hydroxylation is 1. The van der Waals surface area contributed by atoms with E-state index in [1.165, 1.54) is 0 Å². The van der Waals surface area contributed by atoms with E-state index in [9.17, 15) is 19.5 Å². The topological polar surface area (TPSA) is 156 Å². The highest BCUT2D eigenvalue weighted by Gasteiger charge is 2.66. The highest BCUT2D eigenvalue weighted by Crippen LogP contribution is 2.60. The van der Waals surface area contributed by atoms with Crippen LogP contribution in [0.3, 0.4) is 0 Å². The largest absolute Gasteiger partial charge is 0.432 e. The molecule has 5 N–H and O–H groups in total. The summed E-state index contributed by atoms with van der Waals surface area (Å²) in [6.45, 7) is 6.46. The zero-order valence-electron chi connectivity index (χ0n) is 29.5. The van der Waals surface area contributed by atoms with Crippen molar-refractivity contribution in [3.8, 4) is 0 Å². The van der Waals surface area contributed by atoms with Gasteiger partial charge >= 0.3 is 0 Å². The summed E-state index contributed by atoms with van der Waals surface area (Å²) in [6, 6.07) is 31.7. The predicted molar refractivity (Wildman–Crippen MR) is 202 cm³/mol. The number of nitrogens with zero attached hydrogens (tertiary/aromatic N) is 4. The van der Waals surface area contributed by atoms with Gasteiger partial charge in [0.15, 0.2) is 13.9 Å². The van der Waals surface area contributed by atoms with Gasteiger partial charge in [0.1, 0.15) is 0 Å². The number of aliphatic hydroxyl groups excluding tert-OH is 1. The Hall–Kier alpha value is -5.14. The van der Waals surface area contributed by atoms with Gasteiger partial charge in [0, 0.05) is 46.7 Å². The molecule has 1 aromatic heterocycles. The fourth-order valence-electron chi connectivity index (χ4n) is 8.08. The zero-order valence-corrected chi connectivity index (χ0v) is 30.5. The number of nitrogens with two attached hydrogens (primary N) is 1. The number of aliphatic hydroxyl groups is 1. The number of anilines is 3. The molecule has 1 spiro atoms. The average molecular weight is 717 g/mol. The molecule has 12 heteroatoms. The van der Waals surface area contributed by atoms with E-state index in [-0.39, 0.29) is 35.8 Å². The van der Waals surface area contributed by atoms with Crippen molar-refractivity contribution in [3.05, 3.63) is 137 Å². The van der Waals surface area contributed by atoms with Crippen LogP contribution in [0, 0.1) is 5.92 Å². The molecule has 3 heterocycles. The molecule has 1 fully saturated rings. The summed E-state index contributed by atoms with van der Waals surface area (Å²) in [5.74, 6) is -1.19. The summed E-state index contributed by atoms with van der Waals surface area (Å²) in [4.78, 5) is 41.7. The SMILES string of the molecule is C[C@@H]1[C@@H]([Si](C)(C)O)[C@H](CCn2cc(C(CO)c3ccccc3)nn2)O[C@@]12C(=O)N(Cc1ccccc1)c1ccc(NC(=O)c3ccc(N)cc3)cc12. The van der Waals surface area contributed by atoms with Crippen LogP contribution in [0.5, 0.6) is 0 Å². The molecule has 268 valence electrons. The van der Waals surface area contributed by atoms with E-state index in [1.807, 2.05) is 99.0 Å². The van der Waals surface area contributed by atoms with Crippen molar-refractivity contribution in [3.63, 3.8) is 0 Å². The third kappa shape index (κ3) is 6.54. The van der Waals surface area contributed by atoms with E-state index >= 15 is 0 Å². The molecule has 5 atom stereocenters. The van der Waals surface area contributed by atoms with Gasteiger partial charge in [0.25, 0.3) is 11.8 Å². The number of fused-ring (bicyclic) bond motifs is 2. The Bertz CT molecular complexity index is 2050. The molecule has 0 radical (unpaired) electrons. The highest BCUT2D eigenvalue weighted by molar-refractivity contribution is 6.71. The predicted octanol–water partition coefficient (Wildman–Crippen LogP) is 5.67. The van der Waals surface area contributed by atoms with Crippen molar-refractivity contribution in [2.45, 2.75) is 62.7 Å². The summed E-state index contributed by atoms with van der Waals surface area (Å²) in [7, 11) is -2.93. The second-order valence-electron chi connectivity index (χ2n) is 14.4. The van der Waals surface area contributed by atoms with Gasteiger partial charge in [-0.15, -0.1) is 5.10 Å². The Morgan fingerprint density at radius 1 is 1.02 bits per heavy atom. The number of hydrogen-bond acceptors (Lipinski definition) is 8. The van der Waals surface area contributed by atoms with Crippen LogP contribution in [0.4, 0.5) is 17.1 Å². The summed E-state index contributed by atoms with van der Waals surface area (Å²) in [5.41, 5.74) is 9.63. The minimum Gasteiger partial charge on any atom is -0.432 e. The second kappa shape index (κ2) is 14.1. The first kappa shape index (κ1) is 35.3. The number of aromatic nitrogens is 3. The van der Waals surface area contributed by atoms with Crippen molar-refractivity contribution < 1.29 is 24.2 Å². The fraction of sp³-hybridized carbons (Fsp3) is 0.300. The number of amides is 2. The Morgan fingerprint density at radius 2 is 1.71 bits per heavy atom. The maximum atomic E-state index is 14.9. The Kier molecular flexibility index (Phi) is 9.57. The highest BCUT2D eigenvalue weighted by atomic mass is 28.4. The monoisotopic (exact) mass is 716 g/mol. The first-order valence-electron chi connectivity index (χ1n) is 17.6. The Labute approximate surface area is 304 Å². The first-order chi connectivity index (χ1) is 25.0. The lowest BCUT2D eigenvalue weighted by Gasteiger charge is -2.32. The molecule has 52 heavy (non-hydrogen) atoms. The third-order valence-electron chi connectivity index (χ3n) is 10.5. The number of nitrogen functional groups attached to an aromatic ring is 1. The van der Waals surface area contributed by atoms with Crippen molar-refractivity contribution in [1.29, 1.82) is 0 Å². The van der Waals surface area contributed by atoms with Gasteiger partial charge < -0.3 is 30.6 Å². The standard InChI is InChI=1S/C40H44N6O5Si/c1-26-37(52(2,3)50)36(20-21-45-24-34(43-44-45)32(25-47)28-12-8-5-9-13-28)51-40(26)33-22-31(42-38(48)29-14-16-30(41)17-15-29)18-19-35(33)46(39(40)49)23-27-10-6-4-7-11-27/h4-19,22,24,26,32,36-37,47,50H,20-21,23,25,41H2,1-3H3,(H,42,48)/t26-,32?,36+,37-,40+/m1/s1. The van der Waals surface area contributed by atoms with E-state index in [2.05, 4.69) is 15.6 Å². The quantitative estimate of drug-likeness (QED) is 0.101. The molecule has 0 bridgehead atoms. The molecule has 0 aliphatic carbocycles. The van der Waals surface area contributed by atoms with E-state index in [4.69, 9.17) is 10.5 Å². The van der Waals surface area contributed by atoms with Gasteiger partial charge in [-0.3, -0.25) is 14.3 Å². The minimum absolute atomic E-state index is 0.107. The molecular formula is C40H44N6O5Si. The van der Waals surface area contributed by atoms with Gasteiger partial charge in [0.2, 0.25) is 0 Å². The number of carbonyl (C=O) groups is 2. The smallest absolute Gasteiger partial charge is 0.264 e. The van der Waals surface area contributed by atoms with Crippen LogP contribution in [0.1, 0.15) is 52.0 Å². The van der Waals surface area contributed by atoms with Gasteiger partial charge in [0.05, 0.1) is 36.6 Å². The summed E-state index contributed by atoms with van der Waals surface area (Å²) in [6.07, 6.45) is 1.84. The maximum Gasteiger partial charge on any atom is 0.264 e. The number of hydrogen-bond donors (Lipinski definition) is 4. The normalized spacial score (nSPS) is 21.8. The van der Waals surface area contributed by atoms with Crippen LogP contribution in [-0.2, 0) is 28.2 Å². The Morgan fingerprint density at radius 3 is 2.38 bits per heavy atom. The number of rotatable bonds is 11. The third-order valence-corrected chi connectivity index (χ3v) is 13.0. The number of benzene rings is 4. The van der Waals surface area contributed by atoms with Crippen molar-refractivity contribution in [1.82, 2.24) is 15.0 Å². The van der Waals surface area contributed by atoms with E-state index < -0.39 is 20.0 Å². The fourth-order valence-corrected chi connectivity index (χ4v) is 10.7. The van der Waals surface area contributed by atoms with Gasteiger partial charge in [-0.25, -0.2) is 0 Å². The lowest BCUT2D eigenvalue weighted by molar-refractivity contribution is -0.146. The molecule has 0 saturated carbocycles. The summed E-state index contributed by atoms with van der Waals surface area (Å²) < 4.78 is 8.78. The minimum atomic E-state index is -2.93. The van der Waals surface area contributed by atoms with Crippen LogP contribution in [0.15, 0.2) is 109 Å². The molecular weight excluding hydrogens is 673 g/mol. The Balaban J connectivity index is 1.21. The average Bonchev–Trinajstić information content (AvgIpc) is 3.79. The van der Waals surface area contributed by atoms with Crippen molar-refractivity contribution in [2.75, 3.05) is 22.6 Å². The molecule has 4 aromatic carbocycles. The van der Waals surface area contributed by atoms with Crippen molar-refractivity contribution >= 4 is 37.2 Å². The van der Waals surface area contributed by atoms with Crippen LogP contribution in [0.2, 0.25) is 18.6 Å². The lowest BCUT2D eigenvalue weighted by Crippen LogP contribution is -2.46. The number of ether oxygens (including phenoxy) is 1. The molecule has 11 nitrogen and oxygen atoms in total. The summed E-state index contributed by atoms with van der Waals surface area (Å²) >= 11 is 0. The number of carbonyl (C=O) groups excluding carboxylic acids is 2. The van der Waals surface area contributed by atoms with E-state index in [0.29, 0.717) is 53.4 Å². The first-order valence-corrected chi connectivity index (χ1v) is 20.7. The molecule has 7 rings (SSSR count). The van der Waals surface area contributed by atoms with Gasteiger partial charge in [-0.1, -0.05) is 72.8 Å². The molecule has 5 aromatic rings. The van der Waals surface area contributed by atoms with Gasteiger partial charge in [-0.05, 0) is 73.1 Å². The van der Waals surface area contributed by atoms with E-state index in [1.54, 1.807) is 39.9 Å². The summed E-state index contributed by atoms with van der Waals surface area (Å²) in [5, 5.41) is 21.9. The number of nitrogens with one attached hydrogen (secondary N) is 1. The maximum absolute atomic E-state index is 14.9. The van der Waals surface area contributed by atoms with Crippen molar-refractivity contribution in [2.24, 2.45) is 5.92 Å². The molecule has 1 saturated heterocycles.